The van der Waals surface area contributed by atoms with Gasteiger partial charge < -0.3 is 10.6 Å². The SMILES string of the molecule is CCC1CCCN1c1snc(N)c1-c1csc(C)n1. The predicted octanol–water partition coefficient (Wildman–Crippen LogP) is 3.54. The molecule has 0 amide bonds. The smallest absolute Gasteiger partial charge is 0.148 e. The Morgan fingerprint density at radius 2 is 2.37 bits per heavy atom. The summed E-state index contributed by atoms with van der Waals surface area (Å²) >= 11 is 3.17. The Kier molecular flexibility index (Phi) is 3.45. The molecule has 0 aliphatic carbocycles. The van der Waals surface area contributed by atoms with Crippen molar-refractivity contribution in [3.05, 3.63) is 10.4 Å². The third-order valence-corrected chi connectivity index (χ3v) is 5.36. The number of rotatable bonds is 3. The molecule has 1 saturated heterocycles. The fourth-order valence-electron chi connectivity index (χ4n) is 2.74. The summed E-state index contributed by atoms with van der Waals surface area (Å²) in [5, 5.41) is 4.35. The molecule has 102 valence electrons. The van der Waals surface area contributed by atoms with Crippen LogP contribution in [0.25, 0.3) is 11.3 Å². The molecular weight excluding hydrogens is 276 g/mol. The van der Waals surface area contributed by atoms with Crippen LogP contribution in [0.1, 0.15) is 31.2 Å². The van der Waals surface area contributed by atoms with Crippen molar-refractivity contribution in [2.45, 2.75) is 39.2 Å². The maximum Gasteiger partial charge on any atom is 0.148 e. The zero-order valence-electron chi connectivity index (χ0n) is 11.2. The highest BCUT2D eigenvalue weighted by molar-refractivity contribution is 7.11. The first-order valence-electron chi connectivity index (χ1n) is 6.65. The molecule has 1 aliphatic rings. The van der Waals surface area contributed by atoms with Crippen molar-refractivity contribution in [2.24, 2.45) is 0 Å². The van der Waals surface area contributed by atoms with Gasteiger partial charge in [0.1, 0.15) is 10.8 Å². The second kappa shape index (κ2) is 5.09. The highest BCUT2D eigenvalue weighted by Gasteiger charge is 2.29. The number of aromatic nitrogens is 2. The number of hydrogen-bond acceptors (Lipinski definition) is 6. The number of hydrogen-bond donors (Lipinski definition) is 1. The molecule has 0 saturated carbocycles. The number of thiazole rings is 1. The van der Waals surface area contributed by atoms with E-state index in [0.29, 0.717) is 11.9 Å². The number of anilines is 2. The van der Waals surface area contributed by atoms with Crippen LogP contribution in [0.4, 0.5) is 10.8 Å². The standard InChI is InChI=1S/C13H18N4S2/c1-3-9-5-4-6-17(9)13-11(12(14)16-19-13)10-7-18-8(2)15-10/h7,9H,3-6H2,1-2H3,(H2,14,16). The number of nitrogens with zero attached hydrogens (tertiary/aromatic N) is 3. The van der Waals surface area contributed by atoms with Crippen LogP contribution in [0.15, 0.2) is 5.38 Å². The first-order valence-corrected chi connectivity index (χ1v) is 8.30. The van der Waals surface area contributed by atoms with E-state index in [0.717, 1.165) is 22.8 Å². The summed E-state index contributed by atoms with van der Waals surface area (Å²) in [5.41, 5.74) is 8.09. The van der Waals surface area contributed by atoms with Crippen LogP contribution in [0.2, 0.25) is 0 Å². The minimum atomic E-state index is 0.618. The van der Waals surface area contributed by atoms with Gasteiger partial charge in [-0.1, -0.05) is 6.92 Å². The average Bonchev–Trinajstić information content (AvgIpc) is 3.07. The van der Waals surface area contributed by atoms with Gasteiger partial charge in [0.2, 0.25) is 0 Å². The average molecular weight is 294 g/mol. The van der Waals surface area contributed by atoms with E-state index < -0.39 is 0 Å². The number of aryl methyl sites for hydroxylation is 1. The summed E-state index contributed by atoms with van der Waals surface area (Å²) in [5.74, 6) is 0.618. The highest BCUT2D eigenvalue weighted by Crippen LogP contribution is 2.42. The molecule has 0 spiro atoms. The van der Waals surface area contributed by atoms with Crippen LogP contribution in [-0.2, 0) is 0 Å². The van der Waals surface area contributed by atoms with Gasteiger partial charge in [-0.05, 0) is 37.7 Å². The maximum absolute atomic E-state index is 6.07. The van der Waals surface area contributed by atoms with E-state index in [-0.39, 0.29) is 0 Å². The molecule has 1 aliphatic heterocycles. The Morgan fingerprint density at radius 1 is 1.53 bits per heavy atom. The third kappa shape index (κ3) is 2.23. The Bertz CT molecular complexity index is 575. The minimum Gasteiger partial charge on any atom is -0.382 e. The van der Waals surface area contributed by atoms with Gasteiger partial charge in [0.15, 0.2) is 0 Å². The Balaban J connectivity index is 2.03. The summed E-state index contributed by atoms with van der Waals surface area (Å²) in [7, 11) is 0. The molecule has 0 aromatic carbocycles. The summed E-state index contributed by atoms with van der Waals surface area (Å²) in [6, 6.07) is 0.623. The second-order valence-electron chi connectivity index (χ2n) is 4.90. The van der Waals surface area contributed by atoms with Crippen molar-refractivity contribution < 1.29 is 0 Å². The van der Waals surface area contributed by atoms with Crippen LogP contribution in [0.3, 0.4) is 0 Å². The van der Waals surface area contributed by atoms with Gasteiger partial charge in [-0.25, -0.2) is 4.98 Å². The van der Waals surface area contributed by atoms with Crippen LogP contribution in [0, 0.1) is 6.92 Å². The van der Waals surface area contributed by atoms with Crippen LogP contribution in [-0.4, -0.2) is 21.9 Å². The van der Waals surface area contributed by atoms with Crippen LogP contribution >= 0.6 is 22.9 Å². The van der Waals surface area contributed by atoms with Crippen molar-refractivity contribution in [1.82, 2.24) is 9.36 Å². The van der Waals surface area contributed by atoms with E-state index >= 15 is 0 Å². The lowest BCUT2D eigenvalue weighted by Gasteiger charge is -2.24. The molecule has 2 aromatic rings. The van der Waals surface area contributed by atoms with E-state index in [1.165, 1.54) is 35.8 Å². The molecule has 0 bridgehead atoms. The monoisotopic (exact) mass is 294 g/mol. The molecule has 2 N–H and O–H groups in total. The normalized spacial score (nSPS) is 19.3. The van der Waals surface area contributed by atoms with Crippen LogP contribution < -0.4 is 10.6 Å². The summed E-state index contributed by atoms with van der Waals surface area (Å²) in [4.78, 5) is 7.05. The molecule has 0 radical (unpaired) electrons. The zero-order valence-corrected chi connectivity index (χ0v) is 12.9. The largest absolute Gasteiger partial charge is 0.382 e. The van der Waals surface area contributed by atoms with E-state index in [1.807, 2.05) is 6.92 Å². The summed E-state index contributed by atoms with van der Waals surface area (Å²) in [6.07, 6.45) is 3.70. The summed E-state index contributed by atoms with van der Waals surface area (Å²) in [6.45, 7) is 5.38. The van der Waals surface area contributed by atoms with E-state index in [9.17, 15) is 0 Å². The van der Waals surface area contributed by atoms with Gasteiger partial charge in [-0.3, -0.25) is 0 Å². The molecule has 1 atom stereocenters. The molecule has 4 nitrogen and oxygen atoms in total. The second-order valence-corrected chi connectivity index (χ2v) is 6.71. The lowest BCUT2D eigenvalue weighted by atomic mass is 10.1. The van der Waals surface area contributed by atoms with Crippen molar-refractivity contribution in [3.63, 3.8) is 0 Å². The molecule has 1 fully saturated rings. The highest BCUT2D eigenvalue weighted by atomic mass is 32.1. The lowest BCUT2D eigenvalue weighted by molar-refractivity contribution is 0.649. The molecule has 19 heavy (non-hydrogen) atoms. The topological polar surface area (TPSA) is 55.0 Å². The third-order valence-electron chi connectivity index (χ3n) is 3.68. The van der Waals surface area contributed by atoms with Gasteiger partial charge in [0.25, 0.3) is 0 Å². The lowest BCUT2D eigenvalue weighted by Crippen LogP contribution is -2.28. The van der Waals surface area contributed by atoms with Crippen molar-refractivity contribution in [3.8, 4) is 11.3 Å². The molecule has 2 aromatic heterocycles. The van der Waals surface area contributed by atoms with Gasteiger partial charge in [0, 0.05) is 18.0 Å². The van der Waals surface area contributed by atoms with Gasteiger partial charge >= 0.3 is 0 Å². The molecular formula is C13H18N4S2. The van der Waals surface area contributed by atoms with Crippen LogP contribution in [0.5, 0.6) is 0 Å². The zero-order chi connectivity index (χ0) is 13.4. The van der Waals surface area contributed by atoms with E-state index in [2.05, 4.69) is 26.6 Å². The van der Waals surface area contributed by atoms with E-state index in [4.69, 9.17) is 5.73 Å². The Morgan fingerprint density at radius 3 is 3.05 bits per heavy atom. The van der Waals surface area contributed by atoms with Crippen molar-refractivity contribution >= 4 is 33.7 Å². The number of nitrogens with two attached hydrogens (primary N) is 1. The molecule has 1 unspecified atom stereocenters. The maximum atomic E-state index is 6.07. The number of nitrogen functional groups attached to an aromatic ring is 1. The fourth-order valence-corrected chi connectivity index (χ4v) is 4.26. The quantitative estimate of drug-likeness (QED) is 0.940. The van der Waals surface area contributed by atoms with Crippen molar-refractivity contribution in [2.75, 3.05) is 17.2 Å². The fraction of sp³-hybridized carbons (Fsp3) is 0.538. The van der Waals surface area contributed by atoms with Gasteiger partial charge in [-0.15, -0.1) is 11.3 Å². The van der Waals surface area contributed by atoms with Gasteiger partial charge in [0.05, 0.1) is 16.3 Å². The van der Waals surface area contributed by atoms with Gasteiger partial charge in [-0.2, -0.15) is 4.37 Å². The first kappa shape index (κ1) is 12.9. The molecule has 3 rings (SSSR count). The first-order chi connectivity index (χ1) is 9.20. The minimum absolute atomic E-state index is 0.618. The Labute approximate surface area is 121 Å². The summed E-state index contributed by atoms with van der Waals surface area (Å²) < 4.78 is 4.36. The van der Waals surface area contributed by atoms with E-state index in [1.54, 1.807) is 11.3 Å². The Hall–Kier alpha value is -1.14. The molecule has 3 heterocycles. The van der Waals surface area contributed by atoms with Crippen molar-refractivity contribution in [1.29, 1.82) is 0 Å². The predicted molar refractivity (Wildman–Crippen MR) is 83.0 cm³/mol. The molecule has 6 heteroatoms.